The van der Waals surface area contributed by atoms with E-state index in [1.807, 2.05) is 24.3 Å². The molecule has 6 heteroatoms. The third-order valence-electron chi connectivity index (χ3n) is 5.13. The Labute approximate surface area is 176 Å². The number of methoxy groups -OCH3 is 5. The molecule has 0 bridgehead atoms. The minimum atomic E-state index is -0.411. The molecule has 0 N–H and O–H groups in total. The number of fused-ring (bicyclic) bond motifs is 1. The molecule has 158 valence electrons. The van der Waals surface area contributed by atoms with Crippen LogP contribution in [0.3, 0.4) is 0 Å². The number of benzene rings is 2. The highest BCUT2D eigenvalue weighted by molar-refractivity contribution is 5.90. The third kappa shape index (κ3) is 3.99. The van der Waals surface area contributed by atoms with Gasteiger partial charge in [-0.05, 0) is 59.4 Å². The van der Waals surface area contributed by atoms with Gasteiger partial charge in [-0.2, -0.15) is 0 Å². The zero-order valence-corrected chi connectivity index (χ0v) is 17.9. The molecular formula is C24H26O6. The van der Waals surface area contributed by atoms with Crippen LogP contribution in [-0.2, 0) is 16.0 Å². The molecule has 0 radical (unpaired) electrons. The first kappa shape index (κ1) is 21.3. The van der Waals surface area contributed by atoms with Gasteiger partial charge in [-0.25, -0.2) is 4.79 Å². The quantitative estimate of drug-likeness (QED) is 0.501. The zero-order chi connectivity index (χ0) is 21.7. The molecule has 0 aromatic heterocycles. The number of ether oxygens (including phenoxy) is 5. The molecule has 2 aromatic rings. The van der Waals surface area contributed by atoms with Crippen LogP contribution in [-0.4, -0.2) is 41.5 Å². The van der Waals surface area contributed by atoms with Crippen LogP contribution >= 0.6 is 0 Å². The van der Waals surface area contributed by atoms with Crippen molar-refractivity contribution in [1.82, 2.24) is 0 Å². The summed E-state index contributed by atoms with van der Waals surface area (Å²) in [6.45, 7) is 0. The highest BCUT2D eigenvalue weighted by Crippen LogP contribution is 2.43. The van der Waals surface area contributed by atoms with Gasteiger partial charge in [0.25, 0.3) is 0 Å². The second-order valence-electron chi connectivity index (χ2n) is 6.63. The minimum absolute atomic E-state index is 0.411. The summed E-state index contributed by atoms with van der Waals surface area (Å²) in [6, 6.07) is 7.83. The van der Waals surface area contributed by atoms with Crippen molar-refractivity contribution in [1.29, 1.82) is 0 Å². The molecule has 0 fully saturated rings. The maximum Gasteiger partial charge on any atom is 0.330 e. The fourth-order valence-electron chi connectivity index (χ4n) is 3.73. The Morgan fingerprint density at radius 1 is 0.900 bits per heavy atom. The molecule has 0 saturated carbocycles. The lowest BCUT2D eigenvalue weighted by molar-refractivity contribution is -0.134. The molecule has 0 amide bonds. The van der Waals surface area contributed by atoms with Gasteiger partial charge >= 0.3 is 5.97 Å². The summed E-state index contributed by atoms with van der Waals surface area (Å²) in [5.74, 6) is 2.04. The van der Waals surface area contributed by atoms with E-state index in [1.165, 1.54) is 13.2 Å². The summed E-state index contributed by atoms with van der Waals surface area (Å²) in [4.78, 5) is 11.6. The predicted octanol–water partition coefficient (Wildman–Crippen LogP) is 4.29. The van der Waals surface area contributed by atoms with Crippen LogP contribution in [0.15, 0.2) is 36.4 Å². The molecule has 2 aromatic carbocycles. The first-order chi connectivity index (χ1) is 14.6. The van der Waals surface area contributed by atoms with Crippen LogP contribution < -0.4 is 18.9 Å². The molecule has 0 saturated heterocycles. The van der Waals surface area contributed by atoms with E-state index < -0.39 is 5.97 Å². The monoisotopic (exact) mass is 410 g/mol. The maximum atomic E-state index is 11.6. The van der Waals surface area contributed by atoms with E-state index in [0.29, 0.717) is 23.0 Å². The SMILES string of the molecule is COC(=O)/C=C/c1c(OC)ccc2c1CCC=C2c1cc(OC)c(OC)c(OC)c1. The van der Waals surface area contributed by atoms with E-state index >= 15 is 0 Å². The Hall–Kier alpha value is -3.41. The van der Waals surface area contributed by atoms with E-state index in [0.717, 1.165) is 40.7 Å². The van der Waals surface area contributed by atoms with Crippen LogP contribution in [0.1, 0.15) is 28.7 Å². The first-order valence-corrected chi connectivity index (χ1v) is 9.54. The standard InChI is InChI=1S/C24H26O6/c1-26-20-11-9-18-16(7-6-8-17(18)19(20)10-12-23(25)29-4)15-13-21(27-2)24(30-5)22(14-15)28-3/h7,9-14H,6,8H2,1-5H3/b12-10+. The van der Waals surface area contributed by atoms with Crippen molar-refractivity contribution in [3.63, 3.8) is 0 Å². The van der Waals surface area contributed by atoms with E-state index in [1.54, 1.807) is 34.5 Å². The smallest absolute Gasteiger partial charge is 0.330 e. The highest BCUT2D eigenvalue weighted by Gasteiger charge is 2.22. The van der Waals surface area contributed by atoms with Gasteiger partial charge in [-0.1, -0.05) is 12.1 Å². The minimum Gasteiger partial charge on any atom is -0.496 e. The number of esters is 1. The predicted molar refractivity (Wildman–Crippen MR) is 116 cm³/mol. The Morgan fingerprint density at radius 2 is 1.57 bits per heavy atom. The molecular weight excluding hydrogens is 384 g/mol. The molecule has 1 aliphatic rings. The van der Waals surface area contributed by atoms with Gasteiger partial charge in [0.15, 0.2) is 11.5 Å². The van der Waals surface area contributed by atoms with Gasteiger partial charge in [-0.3, -0.25) is 0 Å². The van der Waals surface area contributed by atoms with Crippen molar-refractivity contribution in [2.45, 2.75) is 12.8 Å². The summed E-state index contributed by atoms with van der Waals surface area (Å²) in [6.07, 6.45) is 7.05. The maximum absolute atomic E-state index is 11.6. The molecule has 3 rings (SSSR count). The van der Waals surface area contributed by atoms with Crippen molar-refractivity contribution in [2.75, 3.05) is 35.5 Å². The molecule has 30 heavy (non-hydrogen) atoms. The average Bonchev–Trinajstić information content (AvgIpc) is 2.80. The second kappa shape index (κ2) is 9.39. The molecule has 0 aliphatic heterocycles. The van der Waals surface area contributed by atoms with Gasteiger partial charge < -0.3 is 23.7 Å². The van der Waals surface area contributed by atoms with Crippen LogP contribution in [0, 0.1) is 0 Å². The average molecular weight is 410 g/mol. The van der Waals surface area contributed by atoms with Crippen LogP contribution in [0.4, 0.5) is 0 Å². The van der Waals surface area contributed by atoms with Crippen LogP contribution in [0.25, 0.3) is 11.6 Å². The van der Waals surface area contributed by atoms with Gasteiger partial charge in [0, 0.05) is 11.6 Å². The lowest BCUT2D eigenvalue weighted by Gasteiger charge is -2.23. The molecule has 1 aliphatic carbocycles. The number of hydrogen-bond donors (Lipinski definition) is 0. The summed E-state index contributed by atoms with van der Waals surface area (Å²) >= 11 is 0. The Morgan fingerprint density at radius 3 is 2.13 bits per heavy atom. The zero-order valence-electron chi connectivity index (χ0n) is 17.9. The second-order valence-corrected chi connectivity index (χ2v) is 6.63. The van der Waals surface area contributed by atoms with E-state index in [-0.39, 0.29) is 0 Å². The van der Waals surface area contributed by atoms with E-state index in [4.69, 9.17) is 23.7 Å². The van der Waals surface area contributed by atoms with E-state index in [9.17, 15) is 4.79 Å². The first-order valence-electron chi connectivity index (χ1n) is 9.54. The van der Waals surface area contributed by atoms with Crippen molar-refractivity contribution < 1.29 is 28.5 Å². The molecule has 0 heterocycles. The number of hydrogen-bond acceptors (Lipinski definition) is 6. The Kier molecular flexibility index (Phi) is 6.67. The summed E-state index contributed by atoms with van der Waals surface area (Å²) < 4.78 is 26.8. The Bertz CT molecular complexity index is 978. The van der Waals surface area contributed by atoms with Gasteiger partial charge in [0.2, 0.25) is 5.75 Å². The lowest BCUT2D eigenvalue weighted by atomic mass is 9.84. The fraction of sp³-hybridized carbons (Fsp3) is 0.292. The van der Waals surface area contributed by atoms with E-state index in [2.05, 4.69) is 6.08 Å². The van der Waals surface area contributed by atoms with Gasteiger partial charge in [-0.15, -0.1) is 0 Å². The number of carbonyl (C=O) groups excluding carboxylic acids is 1. The normalized spacial score (nSPS) is 12.8. The topological polar surface area (TPSA) is 63.2 Å². The van der Waals surface area contributed by atoms with Crippen molar-refractivity contribution in [3.05, 3.63) is 58.7 Å². The highest BCUT2D eigenvalue weighted by atomic mass is 16.5. The molecule has 0 spiro atoms. The Balaban J connectivity index is 2.16. The van der Waals surface area contributed by atoms with Crippen molar-refractivity contribution >= 4 is 17.6 Å². The lowest BCUT2D eigenvalue weighted by Crippen LogP contribution is -2.06. The summed E-state index contributed by atoms with van der Waals surface area (Å²) in [5, 5.41) is 0. The van der Waals surface area contributed by atoms with Crippen LogP contribution in [0.5, 0.6) is 23.0 Å². The number of allylic oxidation sites excluding steroid dienone is 1. The van der Waals surface area contributed by atoms with Crippen LogP contribution in [0.2, 0.25) is 0 Å². The molecule has 6 nitrogen and oxygen atoms in total. The number of carbonyl (C=O) groups is 1. The van der Waals surface area contributed by atoms with Crippen molar-refractivity contribution in [3.8, 4) is 23.0 Å². The van der Waals surface area contributed by atoms with Gasteiger partial charge in [0.1, 0.15) is 5.75 Å². The molecule has 0 atom stereocenters. The molecule has 0 unspecified atom stereocenters. The van der Waals surface area contributed by atoms with Crippen molar-refractivity contribution in [2.24, 2.45) is 0 Å². The fourth-order valence-corrected chi connectivity index (χ4v) is 3.73. The van der Waals surface area contributed by atoms with Gasteiger partial charge in [0.05, 0.1) is 35.5 Å². The summed E-state index contributed by atoms with van der Waals surface area (Å²) in [5.41, 5.74) is 5.07. The largest absolute Gasteiger partial charge is 0.496 e. The number of rotatable bonds is 7. The third-order valence-corrected chi connectivity index (χ3v) is 5.13. The summed E-state index contributed by atoms with van der Waals surface area (Å²) in [7, 11) is 7.77.